The summed E-state index contributed by atoms with van der Waals surface area (Å²) in [4.78, 5) is 18.8. The van der Waals surface area contributed by atoms with Crippen LogP contribution < -0.4 is 4.90 Å². The van der Waals surface area contributed by atoms with Crippen LogP contribution in [0.25, 0.3) is 0 Å². The highest BCUT2D eigenvalue weighted by Gasteiger charge is 2.51. The minimum atomic E-state index is -0.697. The van der Waals surface area contributed by atoms with Crippen molar-refractivity contribution in [1.29, 1.82) is 0 Å². The standard InChI is InChI=1S/C23H34N2O3S/c1-15(23(27)14-24-6-4-16(23)5-7-24)19-17-12-22(2,3)13-18(26)20(17)29-21(19)25-8-10-28-11-9-25/h15-16,27H,4-14H2,1-3H3. The number of carbonyl (C=O) groups excluding carboxylic acids is 1. The Morgan fingerprint density at radius 2 is 1.83 bits per heavy atom. The average Bonchev–Trinajstić information content (AvgIpc) is 3.07. The number of hydrogen-bond donors (Lipinski definition) is 1. The molecule has 4 saturated heterocycles. The van der Waals surface area contributed by atoms with Crippen molar-refractivity contribution in [2.45, 2.75) is 58.0 Å². The summed E-state index contributed by atoms with van der Waals surface area (Å²) in [6, 6.07) is 0. The van der Waals surface area contributed by atoms with Gasteiger partial charge in [0.25, 0.3) is 0 Å². The molecule has 6 heteroatoms. The van der Waals surface area contributed by atoms with Crippen molar-refractivity contribution < 1.29 is 14.6 Å². The van der Waals surface area contributed by atoms with Crippen LogP contribution in [-0.2, 0) is 11.2 Å². The summed E-state index contributed by atoms with van der Waals surface area (Å²) in [6.07, 6.45) is 3.73. The SMILES string of the molecule is CC(c1c(N2CCOCC2)sc2c1CC(C)(C)CC2=O)C1(O)CN2CCC1CC2. The van der Waals surface area contributed by atoms with Crippen molar-refractivity contribution in [3.8, 4) is 0 Å². The van der Waals surface area contributed by atoms with Gasteiger partial charge in [-0.25, -0.2) is 0 Å². The third-order valence-corrected chi connectivity index (χ3v) is 9.18. The van der Waals surface area contributed by atoms with Gasteiger partial charge >= 0.3 is 0 Å². The lowest BCUT2D eigenvalue weighted by Crippen LogP contribution is -2.61. The maximum atomic E-state index is 13.1. The number of rotatable bonds is 3. The molecule has 2 atom stereocenters. The van der Waals surface area contributed by atoms with Crippen molar-refractivity contribution in [3.63, 3.8) is 0 Å². The fourth-order valence-electron chi connectivity index (χ4n) is 6.19. The fraction of sp³-hybridized carbons (Fsp3) is 0.783. The maximum absolute atomic E-state index is 13.1. The number of Topliss-reactive ketones (excluding diaryl/α,β-unsaturated/α-hetero) is 1. The van der Waals surface area contributed by atoms with Crippen molar-refractivity contribution in [2.75, 3.05) is 50.8 Å². The Morgan fingerprint density at radius 3 is 2.45 bits per heavy atom. The van der Waals surface area contributed by atoms with E-state index in [1.165, 1.54) is 16.1 Å². The highest BCUT2D eigenvalue weighted by molar-refractivity contribution is 7.18. The summed E-state index contributed by atoms with van der Waals surface area (Å²) in [6.45, 7) is 12.8. The van der Waals surface area contributed by atoms with Crippen LogP contribution in [0, 0.1) is 11.3 Å². The quantitative estimate of drug-likeness (QED) is 0.816. The number of hydrogen-bond acceptors (Lipinski definition) is 6. The lowest BCUT2D eigenvalue weighted by Gasteiger charge is -2.53. The van der Waals surface area contributed by atoms with E-state index in [2.05, 4.69) is 30.6 Å². The molecule has 0 saturated carbocycles. The summed E-state index contributed by atoms with van der Waals surface area (Å²) < 4.78 is 5.59. The number of morpholine rings is 1. The second kappa shape index (κ2) is 7.04. The summed E-state index contributed by atoms with van der Waals surface area (Å²) in [5, 5.41) is 13.2. The molecule has 6 rings (SSSR count). The second-order valence-electron chi connectivity index (χ2n) is 10.4. The Balaban J connectivity index is 1.61. The average molecular weight is 419 g/mol. The zero-order valence-electron chi connectivity index (χ0n) is 18.0. The lowest BCUT2D eigenvalue weighted by atomic mass is 9.65. The Kier molecular flexibility index (Phi) is 4.85. The Labute approximate surface area is 178 Å². The van der Waals surface area contributed by atoms with Gasteiger partial charge in [-0.1, -0.05) is 20.8 Å². The highest BCUT2D eigenvalue weighted by atomic mass is 32.1. The Morgan fingerprint density at radius 1 is 1.14 bits per heavy atom. The molecule has 4 aliphatic heterocycles. The monoisotopic (exact) mass is 418 g/mol. The number of aliphatic hydroxyl groups is 1. The van der Waals surface area contributed by atoms with Crippen LogP contribution in [0.2, 0.25) is 0 Å². The number of anilines is 1. The predicted molar refractivity (Wildman–Crippen MR) is 116 cm³/mol. The molecule has 5 aliphatic rings. The number of nitrogens with zero attached hydrogens (tertiary/aromatic N) is 2. The van der Waals surface area contributed by atoms with Gasteiger partial charge in [0.05, 0.1) is 28.7 Å². The molecule has 1 aromatic heterocycles. The van der Waals surface area contributed by atoms with E-state index < -0.39 is 5.60 Å². The van der Waals surface area contributed by atoms with Crippen molar-refractivity contribution in [3.05, 3.63) is 16.0 Å². The zero-order chi connectivity index (χ0) is 20.4. The highest BCUT2D eigenvalue weighted by Crippen LogP contribution is 2.53. The van der Waals surface area contributed by atoms with Crippen LogP contribution >= 0.6 is 11.3 Å². The molecule has 1 aliphatic carbocycles. The molecule has 4 fully saturated rings. The largest absolute Gasteiger partial charge is 0.388 e. The van der Waals surface area contributed by atoms with E-state index in [0.29, 0.717) is 12.3 Å². The number of ether oxygens (including phenoxy) is 1. The van der Waals surface area contributed by atoms with Crippen LogP contribution in [0.4, 0.5) is 5.00 Å². The molecule has 0 radical (unpaired) electrons. The van der Waals surface area contributed by atoms with Gasteiger partial charge in [0.1, 0.15) is 0 Å². The van der Waals surface area contributed by atoms with Crippen molar-refractivity contribution >= 4 is 22.1 Å². The Bertz CT molecular complexity index is 805. The van der Waals surface area contributed by atoms with Gasteiger partial charge in [-0.3, -0.25) is 4.79 Å². The van der Waals surface area contributed by atoms with Gasteiger partial charge in [-0.15, -0.1) is 11.3 Å². The minimum absolute atomic E-state index is 0.0143. The third-order valence-electron chi connectivity index (χ3n) is 7.83. The topological polar surface area (TPSA) is 53.0 Å². The van der Waals surface area contributed by atoms with Crippen LogP contribution in [0.15, 0.2) is 0 Å². The lowest BCUT2D eigenvalue weighted by molar-refractivity contribution is -0.125. The van der Waals surface area contributed by atoms with Gasteiger partial charge in [-0.05, 0) is 54.8 Å². The zero-order valence-corrected chi connectivity index (χ0v) is 18.8. The summed E-state index contributed by atoms with van der Waals surface area (Å²) in [7, 11) is 0. The molecular weight excluding hydrogens is 384 g/mol. The van der Waals surface area contributed by atoms with E-state index in [1.807, 2.05) is 0 Å². The molecule has 0 spiro atoms. The van der Waals surface area contributed by atoms with Gasteiger partial charge in [0.2, 0.25) is 0 Å². The van der Waals surface area contributed by atoms with Crippen molar-refractivity contribution in [2.24, 2.45) is 11.3 Å². The van der Waals surface area contributed by atoms with Crippen LogP contribution in [0.5, 0.6) is 0 Å². The van der Waals surface area contributed by atoms with E-state index in [-0.39, 0.29) is 17.1 Å². The molecule has 1 N–H and O–H groups in total. The molecule has 5 heterocycles. The first-order valence-electron chi connectivity index (χ1n) is 11.2. The van der Waals surface area contributed by atoms with Crippen LogP contribution in [0.1, 0.15) is 66.8 Å². The summed E-state index contributed by atoms with van der Waals surface area (Å²) >= 11 is 1.68. The van der Waals surface area contributed by atoms with Crippen LogP contribution in [0.3, 0.4) is 0 Å². The summed E-state index contributed by atoms with van der Waals surface area (Å²) in [5.41, 5.74) is 1.79. The van der Waals surface area contributed by atoms with Crippen molar-refractivity contribution in [1.82, 2.24) is 4.90 Å². The minimum Gasteiger partial charge on any atom is -0.388 e. The number of carbonyl (C=O) groups is 1. The molecule has 5 nitrogen and oxygen atoms in total. The molecule has 160 valence electrons. The van der Waals surface area contributed by atoms with E-state index >= 15 is 0 Å². The van der Waals surface area contributed by atoms with Crippen LogP contribution in [-0.4, -0.2) is 67.3 Å². The number of fused-ring (bicyclic) bond motifs is 4. The molecule has 2 bridgehead atoms. The maximum Gasteiger partial charge on any atom is 0.173 e. The van der Waals surface area contributed by atoms with E-state index in [0.717, 1.165) is 70.1 Å². The first kappa shape index (κ1) is 20.0. The predicted octanol–water partition coefficient (Wildman–Crippen LogP) is 3.30. The van der Waals surface area contributed by atoms with E-state index in [1.54, 1.807) is 11.3 Å². The molecular formula is C23H34N2O3S. The van der Waals surface area contributed by atoms with Gasteiger partial charge in [0.15, 0.2) is 5.78 Å². The number of piperidine rings is 3. The smallest absolute Gasteiger partial charge is 0.173 e. The molecule has 2 unspecified atom stereocenters. The van der Waals surface area contributed by atoms with Gasteiger partial charge in [-0.2, -0.15) is 0 Å². The number of thiophene rings is 1. The normalized spacial score (nSPS) is 34.9. The fourth-order valence-corrected chi connectivity index (χ4v) is 7.59. The van der Waals surface area contributed by atoms with E-state index in [9.17, 15) is 9.90 Å². The third kappa shape index (κ3) is 3.27. The first-order valence-corrected chi connectivity index (χ1v) is 12.1. The van der Waals surface area contributed by atoms with Gasteiger partial charge < -0.3 is 19.6 Å². The second-order valence-corrected chi connectivity index (χ2v) is 11.4. The molecule has 1 aromatic rings. The molecule has 0 aromatic carbocycles. The van der Waals surface area contributed by atoms with E-state index in [4.69, 9.17) is 4.74 Å². The first-order chi connectivity index (χ1) is 13.8. The summed E-state index contributed by atoms with van der Waals surface area (Å²) in [5.74, 6) is 0.688. The Hall–Kier alpha value is -0.950. The number of ketones is 1. The molecule has 29 heavy (non-hydrogen) atoms. The van der Waals surface area contributed by atoms with Gasteiger partial charge in [0, 0.05) is 32.0 Å². The molecule has 0 amide bonds.